The van der Waals surface area contributed by atoms with E-state index in [1.54, 1.807) is 24.3 Å². The van der Waals surface area contributed by atoms with Crippen LogP contribution in [0.1, 0.15) is 60.0 Å². The summed E-state index contributed by atoms with van der Waals surface area (Å²) < 4.78 is 0. The minimum Gasteiger partial charge on any atom is -0.478 e. The maximum Gasteiger partial charge on any atom is 0.338 e. The first-order valence-corrected chi connectivity index (χ1v) is 11.6. The molecule has 0 spiro atoms. The monoisotopic (exact) mass is 461 g/mol. The first kappa shape index (κ1) is 21.4. The van der Waals surface area contributed by atoms with Crippen LogP contribution in [0.5, 0.6) is 0 Å². The zero-order valence-corrected chi connectivity index (χ0v) is 18.8. The summed E-state index contributed by atoms with van der Waals surface area (Å²) in [4.78, 5) is 42.4. The van der Waals surface area contributed by atoms with Crippen LogP contribution in [0.15, 0.2) is 54.6 Å². The molecule has 8 heteroatoms. The minimum atomic E-state index is -1.05. The summed E-state index contributed by atoms with van der Waals surface area (Å²) in [7, 11) is 0. The predicted molar refractivity (Wildman–Crippen MR) is 125 cm³/mol. The Morgan fingerprint density at radius 2 is 1.70 bits per heavy atom. The van der Waals surface area contributed by atoms with Crippen LogP contribution in [0.2, 0.25) is 0 Å². The molecule has 0 saturated heterocycles. The van der Waals surface area contributed by atoms with Crippen LogP contribution in [0.4, 0.5) is 5.00 Å². The molecular formula is C25H23N3O4S. The number of hydrogen-bond acceptors (Lipinski definition) is 6. The van der Waals surface area contributed by atoms with E-state index in [1.807, 2.05) is 30.3 Å². The second-order valence-corrected chi connectivity index (χ2v) is 9.57. The van der Waals surface area contributed by atoms with Crippen molar-refractivity contribution >= 4 is 34.1 Å². The maximum absolute atomic E-state index is 13.0. The topological polar surface area (TPSA) is 104 Å². The number of nitrogens with two attached hydrogens (primary N) is 1. The molecule has 2 aromatic carbocycles. The van der Waals surface area contributed by atoms with Crippen molar-refractivity contribution in [2.75, 3.05) is 12.3 Å². The molecule has 168 valence electrons. The molecule has 0 radical (unpaired) electrons. The number of carboxylic acids is 1. The molecule has 3 N–H and O–H groups in total. The molecule has 2 aliphatic rings. The van der Waals surface area contributed by atoms with Crippen molar-refractivity contribution in [1.82, 2.24) is 9.80 Å². The lowest BCUT2D eigenvalue weighted by Crippen LogP contribution is -2.49. The fraction of sp³-hybridized carbons (Fsp3) is 0.240. The Morgan fingerprint density at radius 3 is 2.30 bits per heavy atom. The quantitative estimate of drug-likeness (QED) is 0.560. The molecule has 2 aliphatic heterocycles. The number of imide groups is 1. The van der Waals surface area contributed by atoms with Crippen molar-refractivity contribution in [3.63, 3.8) is 0 Å². The van der Waals surface area contributed by atoms with Gasteiger partial charge in [0.2, 0.25) is 0 Å². The predicted octanol–water partition coefficient (Wildman–Crippen LogP) is 3.81. The van der Waals surface area contributed by atoms with E-state index >= 15 is 0 Å². The van der Waals surface area contributed by atoms with Gasteiger partial charge in [-0.1, -0.05) is 42.5 Å². The summed E-state index contributed by atoms with van der Waals surface area (Å²) >= 11 is 1.30. The number of carboxylic acid groups (broad SMARTS) is 1. The summed E-state index contributed by atoms with van der Waals surface area (Å²) in [5.74, 6) is -1.66. The maximum atomic E-state index is 13.0. The van der Waals surface area contributed by atoms with Crippen LogP contribution in [-0.4, -0.2) is 45.3 Å². The summed E-state index contributed by atoms with van der Waals surface area (Å²) in [6, 6.07) is 16.6. The number of thiophene rings is 1. The number of rotatable bonds is 5. The van der Waals surface area contributed by atoms with Crippen molar-refractivity contribution < 1.29 is 19.5 Å². The highest BCUT2D eigenvalue weighted by atomic mass is 32.1. The third-order valence-electron chi connectivity index (χ3n) is 6.62. The van der Waals surface area contributed by atoms with Gasteiger partial charge in [0.25, 0.3) is 11.8 Å². The van der Waals surface area contributed by atoms with Gasteiger partial charge >= 0.3 is 5.97 Å². The van der Waals surface area contributed by atoms with Crippen molar-refractivity contribution in [1.29, 1.82) is 0 Å². The van der Waals surface area contributed by atoms with E-state index in [9.17, 15) is 19.5 Å². The summed E-state index contributed by atoms with van der Waals surface area (Å²) in [5.41, 5.74) is 8.85. The largest absolute Gasteiger partial charge is 0.478 e. The molecule has 0 saturated carbocycles. The molecule has 0 bridgehead atoms. The first-order chi connectivity index (χ1) is 15.9. The minimum absolute atomic E-state index is 0.00358. The normalized spacial score (nSPS) is 18.8. The van der Waals surface area contributed by atoms with Crippen LogP contribution >= 0.6 is 11.3 Å². The summed E-state index contributed by atoms with van der Waals surface area (Å²) in [6.07, 6.45) is 0.398. The van der Waals surface area contributed by atoms with E-state index in [4.69, 9.17) is 5.73 Å². The Kier molecular flexibility index (Phi) is 5.26. The standard InChI is InChI=1S/C25H23N3O4S/c1-14(15-7-3-2-4-8-15)27-13-20-19(21(25(31)32)22(26)33-20)11-16(27)12-28-23(29)17-9-5-6-10-18(17)24(28)30/h2-10,14,16H,11-13,26H2,1H3,(H,31,32). The van der Waals surface area contributed by atoms with Crippen molar-refractivity contribution in [3.05, 3.63) is 87.3 Å². The van der Waals surface area contributed by atoms with Crippen LogP contribution in [0, 0.1) is 0 Å². The average Bonchev–Trinajstić information content (AvgIpc) is 3.27. The van der Waals surface area contributed by atoms with Crippen LogP contribution < -0.4 is 5.73 Å². The van der Waals surface area contributed by atoms with E-state index in [-0.39, 0.29) is 36.0 Å². The Balaban J connectivity index is 1.52. The number of carbonyl (C=O) groups excluding carboxylic acids is 2. The second-order valence-electron chi connectivity index (χ2n) is 8.43. The van der Waals surface area contributed by atoms with Gasteiger partial charge in [-0.15, -0.1) is 11.3 Å². The number of hydrogen-bond donors (Lipinski definition) is 2. The zero-order valence-electron chi connectivity index (χ0n) is 18.0. The van der Waals surface area contributed by atoms with Crippen molar-refractivity contribution in [3.8, 4) is 0 Å². The number of aromatic carboxylic acids is 1. The number of fused-ring (bicyclic) bond motifs is 2. The number of carbonyl (C=O) groups is 3. The highest BCUT2D eigenvalue weighted by Crippen LogP contribution is 2.40. The molecule has 2 amide bonds. The van der Waals surface area contributed by atoms with E-state index in [0.29, 0.717) is 34.7 Å². The van der Waals surface area contributed by atoms with Gasteiger partial charge in [0.15, 0.2) is 0 Å². The van der Waals surface area contributed by atoms with Crippen LogP contribution in [0.25, 0.3) is 0 Å². The van der Waals surface area contributed by atoms with Gasteiger partial charge in [-0.2, -0.15) is 0 Å². The lowest BCUT2D eigenvalue weighted by molar-refractivity contribution is 0.0515. The lowest BCUT2D eigenvalue weighted by Gasteiger charge is -2.41. The van der Waals surface area contributed by atoms with E-state index < -0.39 is 5.97 Å². The van der Waals surface area contributed by atoms with Gasteiger partial charge in [0.1, 0.15) is 5.00 Å². The van der Waals surface area contributed by atoms with Crippen molar-refractivity contribution in [2.45, 2.75) is 32.0 Å². The first-order valence-electron chi connectivity index (χ1n) is 10.8. The van der Waals surface area contributed by atoms with Gasteiger partial charge in [0.05, 0.1) is 16.7 Å². The second kappa shape index (κ2) is 8.13. The molecule has 33 heavy (non-hydrogen) atoms. The zero-order chi connectivity index (χ0) is 23.3. The molecule has 5 rings (SSSR count). The van der Waals surface area contributed by atoms with Gasteiger partial charge in [0, 0.05) is 30.1 Å². The summed E-state index contributed by atoms with van der Waals surface area (Å²) in [6.45, 7) is 2.77. The van der Waals surface area contributed by atoms with Gasteiger partial charge in [-0.05, 0) is 36.6 Å². The van der Waals surface area contributed by atoms with Gasteiger partial charge in [-0.3, -0.25) is 19.4 Å². The molecule has 7 nitrogen and oxygen atoms in total. The Hall–Kier alpha value is -3.49. The number of amides is 2. The van der Waals surface area contributed by atoms with E-state index in [2.05, 4.69) is 11.8 Å². The molecule has 0 aliphatic carbocycles. The number of benzene rings is 2. The smallest absolute Gasteiger partial charge is 0.338 e. The highest BCUT2D eigenvalue weighted by Gasteiger charge is 2.41. The Bertz CT molecular complexity index is 1230. The molecule has 3 heterocycles. The molecule has 1 aromatic heterocycles. The average molecular weight is 462 g/mol. The lowest BCUT2D eigenvalue weighted by atomic mass is 9.93. The van der Waals surface area contributed by atoms with Crippen LogP contribution in [0.3, 0.4) is 0 Å². The summed E-state index contributed by atoms with van der Waals surface area (Å²) in [5, 5.41) is 10.0. The fourth-order valence-electron chi connectivity index (χ4n) is 4.92. The van der Waals surface area contributed by atoms with Gasteiger partial charge in [-0.25, -0.2) is 4.79 Å². The third-order valence-corrected chi connectivity index (χ3v) is 7.66. The molecule has 2 unspecified atom stereocenters. The highest BCUT2D eigenvalue weighted by molar-refractivity contribution is 7.16. The number of nitrogen functional groups attached to an aromatic ring is 1. The van der Waals surface area contributed by atoms with Gasteiger partial charge < -0.3 is 10.8 Å². The van der Waals surface area contributed by atoms with Crippen molar-refractivity contribution in [2.24, 2.45) is 0 Å². The molecule has 0 fully saturated rings. The number of anilines is 1. The Labute approximate surface area is 195 Å². The fourth-order valence-corrected chi connectivity index (χ4v) is 6.02. The number of nitrogens with zero attached hydrogens (tertiary/aromatic N) is 2. The Morgan fingerprint density at radius 1 is 1.09 bits per heavy atom. The molecule has 3 aromatic rings. The molecule has 2 atom stereocenters. The SMILES string of the molecule is CC(c1ccccc1)N1Cc2sc(N)c(C(=O)O)c2CC1CN1C(=O)c2ccccc2C1=O. The molecular weight excluding hydrogens is 438 g/mol. The van der Waals surface area contributed by atoms with E-state index in [0.717, 1.165) is 10.4 Å². The van der Waals surface area contributed by atoms with Crippen LogP contribution in [-0.2, 0) is 13.0 Å². The van der Waals surface area contributed by atoms with E-state index in [1.165, 1.54) is 16.2 Å². The third kappa shape index (κ3) is 3.51.